The van der Waals surface area contributed by atoms with Crippen LogP contribution in [0.25, 0.3) is 11.1 Å². The smallest absolute Gasteiger partial charge is 0.272 e. The first kappa shape index (κ1) is 33.2. The molecule has 5 rings (SSSR count). The van der Waals surface area contributed by atoms with Crippen molar-refractivity contribution in [2.75, 3.05) is 19.6 Å². The van der Waals surface area contributed by atoms with E-state index in [-0.39, 0.29) is 31.3 Å². The molecule has 0 aromatic heterocycles. The lowest BCUT2D eigenvalue weighted by Gasteiger charge is -2.43. The molecule has 3 aromatic rings. The highest BCUT2D eigenvalue weighted by atomic mass is 35.6. The van der Waals surface area contributed by atoms with Crippen molar-refractivity contribution in [1.82, 2.24) is 10.2 Å². The number of alkyl halides is 3. The quantitative estimate of drug-likeness (QED) is 0.241. The standard InChI is InChI=1S/C35H41Cl3N2O4/c1-24-31(22-40-19-7-3-2-4-8-20-40)43-33(44-32(24)27-13-11-25(23-41)12-14-27)28-17-15-26(16-18-28)30-10-6-5-9-29(30)21-39-34(42)35(36,37)38/h5-6,9-18,24,31-33,41H,2-4,7-8,19-23H2,1H3,(H,39,42)/t24-,31+,32+,33+/m0/s1. The maximum Gasteiger partial charge on any atom is 0.272 e. The Labute approximate surface area is 275 Å². The maximum atomic E-state index is 12.1. The number of likely N-dealkylation sites (tertiary alicyclic amines) is 1. The van der Waals surface area contributed by atoms with Gasteiger partial charge in [-0.25, -0.2) is 0 Å². The van der Waals surface area contributed by atoms with Crippen LogP contribution in [0.1, 0.15) is 73.7 Å². The highest BCUT2D eigenvalue weighted by molar-refractivity contribution is 6.76. The van der Waals surface area contributed by atoms with Gasteiger partial charge in [-0.15, -0.1) is 0 Å². The van der Waals surface area contributed by atoms with E-state index in [1.807, 2.05) is 60.7 Å². The van der Waals surface area contributed by atoms with E-state index in [4.69, 9.17) is 44.3 Å². The number of amides is 1. The predicted molar refractivity (Wildman–Crippen MR) is 177 cm³/mol. The van der Waals surface area contributed by atoms with Crippen LogP contribution in [0.2, 0.25) is 0 Å². The fourth-order valence-corrected chi connectivity index (χ4v) is 6.33. The molecule has 2 N–H and O–H groups in total. The lowest BCUT2D eigenvalue weighted by molar-refractivity contribution is -0.276. The third kappa shape index (κ3) is 8.55. The van der Waals surface area contributed by atoms with Crippen LogP contribution in [0, 0.1) is 5.92 Å². The number of hydrogen-bond acceptors (Lipinski definition) is 5. The number of carbonyl (C=O) groups is 1. The van der Waals surface area contributed by atoms with Crippen molar-refractivity contribution in [1.29, 1.82) is 0 Å². The lowest BCUT2D eigenvalue weighted by atomic mass is 9.89. The van der Waals surface area contributed by atoms with E-state index >= 15 is 0 Å². The second-order valence-corrected chi connectivity index (χ2v) is 14.1. The Bertz CT molecular complexity index is 1360. The van der Waals surface area contributed by atoms with Crippen LogP contribution >= 0.6 is 34.8 Å². The molecular formula is C35H41Cl3N2O4. The Morgan fingerprint density at radius 2 is 1.52 bits per heavy atom. The first-order chi connectivity index (χ1) is 21.2. The zero-order valence-electron chi connectivity index (χ0n) is 25.1. The number of halogens is 3. The number of benzene rings is 3. The molecule has 236 valence electrons. The molecule has 3 aromatic carbocycles. The number of rotatable bonds is 8. The summed E-state index contributed by atoms with van der Waals surface area (Å²) >= 11 is 17.2. The van der Waals surface area contributed by atoms with Gasteiger partial charge in [0.1, 0.15) is 0 Å². The van der Waals surface area contributed by atoms with Crippen molar-refractivity contribution in [2.45, 2.75) is 74.5 Å². The summed E-state index contributed by atoms with van der Waals surface area (Å²) in [5.41, 5.74) is 5.77. The number of aliphatic hydroxyl groups excluding tert-OH is 1. The van der Waals surface area contributed by atoms with E-state index < -0.39 is 16.0 Å². The van der Waals surface area contributed by atoms with Crippen LogP contribution in [0.5, 0.6) is 0 Å². The van der Waals surface area contributed by atoms with Crippen molar-refractivity contribution in [2.24, 2.45) is 5.92 Å². The summed E-state index contributed by atoms with van der Waals surface area (Å²) in [7, 11) is 0. The Morgan fingerprint density at radius 1 is 0.886 bits per heavy atom. The molecule has 2 aliphatic heterocycles. The number of nitrogens with zero attached hydrogens (tertiary/aromatic N) is 1. The fourth-order valence-electron chi connectivity index (χ4n) is 6.13. The minimum Gasteiger partial charge on any atom is -0.392 e. The van der Waals surface area contributed by atoms with Gasteiger partial charge in [-0.1, -0.05) is 134 Å². The zero-order chi connectivity index (χ0) is 31.1. The van der Waals surface area contributed by atoms with Crippen LogP contribution in [-0.4, -0.2) is 45.4 Å². The molecule has 2 saturated heterocycles. The topological polar surface area (TPSA) is 71.0 Å². The van der Waals surface area contributed by atoms with Crippen LogP contribution in [0.3, 0.4) is 0 Å². The first-order valence-corrected chi connectivity index (χ1v) is 16.6. The minimum absolute atomic E-state index is 0.00220. The summed E-state index contributed by atoms with van der Waals surface area (Å²) in [6, 6.07) is 24.1. The lowest BCUT2D eigenvalue weighted by Crippen LogP contribution is -2.45. The average Bonchev–Trinajstić information content (AvgIpc) is 3.02. The number of hydrogen-bond donors (Lipinski definition) is 2. The average molecular weight is 660 g/mol. The molecule has 6 nitrogen and oxygen atoms in total. The van der Waals surface area contributed by atoms with Crippen molar-refractivity contribution < 1.29 is 19.4 Å². The Hall–Kier alpha value is -2.16. The zero-order valence-corrected chi connectivity index (χ0v) is 27.3. The Balaban J connectivity index is 1.37. The molecule has 44 heavy (non-hydrogen) atoms. The Morgan fingerprint density at radius 3 is 2.18 bits per heavy atom. The summed E-state index contributed by atoms with van der Waals surface area (Å²) in [5, 5.41) is 12.3. The molecule has 0 saturated carbocycles. The number of nitrogens with one attached hydrogen (secondary N) is 1. The van der Waals surface area contributed by atoms with E-state index in [9.17, 15) is 9.90 Å². The second-order valence-electron chi connectivity index (χ2n) is 11.8. The van der Waals surface area contributed by atoms with Crippen molar-refractivity contribution in [3.8, 4) is 11.1 Å². The van der Waals surface area contributed by atoms with Crippen LogP contribution in [0.15, 0.2) is 72.8 Å². The SMILES string of the molecule is C[C@H]1[C@@H](CN2CCCCCCC2)O[C@@H](c2ccc(-c3ccccc3CNC(=O)C(Cl)(Cl)Cl)cc2)O[C@H]1c1ccc(CO)cc1. The molecule has 0 aliphatic carbocycles. The van der Waals surface area contributed by atoms with E-state index in [0.717, 1.165) is 53.0 Å². The molecule has 0 unspecified atom stereocenters. The number of aliphatic hydroxyl groups is 1. The number of ether oxygens (including phenoxy) is 2. The van der Waals surface area contributed by atoms with Crippen LogP contribution in [0.4, 0.5) is 0 Å². The van der Waals surface area contributed by atoms with Gasteiger partial charge in [0.25, 0.3) is 9.70 Å². The van der Waals surface area contributed by atoms with Crippen LogP contribution in [-0.2, 0) is 27.4 Å². The van der Waals surface area contributed by atoms with Gasteiger partial charge in [0.05, 0.1) is 18.8 Å². The molecule has 0 radical (unpaired) electrons. The molecule has 4 atom stereocenters. The van der Waals surface area contributed by atoms with Gasteiger partial charge in [0, 0.05) is 24.6 Å². The van der Waals surface area contributed by atoms with Gasteiger partial charge in [-0.05, 0) is 53.7 Å². The third-order valence-electron chi connectivity index (χ3n) is 8.72. The highest BCUT2D eigenvalue weighted by Crippen LogP contribution is 2.42. The summed E-state index contributed by atoms with van der Waals surface area (Å²) < 4.78 is 11.4. The Kier molecular flexibility index (Phi) is 11.6. The van der Waals surface area contributed by atoms with E-state index in [1.54, 1.807) is 0 Å². The molecule has 2 aliphatic rings. The van der Waals surface area contributed by atoms with Gasteiger partial charge in [-0.2, -0.15) is 0 Å². The molecule has 0 spiro atoms. The second kappa shape index (κ2) is 15.4. The summed E-state index contributed by atoms with van der Waals surface area (Å²) in [5.74, 6) is -0.523. The molecule has 2 fully saturated rings. The molecular weight excluding hydrogens is 619 g/mol. The van der Waals surface area contributed by atoms with Crippen molar-refractivity contribution >= 4 is 40.7 Å². The molecule has 2 heterocycles. The molecule has 0 bridgehead atoms. The molecule has 1 amide bonds. The van der Waals surface area contributed by atoms with Gasteiger partial charge in [0.15, 0.2) is 6.29 Å². The molecule has 9 heteroatoms. The largest absolute Gasteiger partial charge is 0.392 e. The van der Waals surface area contributed by atoms with E-state index in [0.29, 0.717) is 0 Å². The van der Waals surface area contributed by atoms with E-state index in [2.05, 4.69) is 29.3 Å². The minimum atomic E-state index is -2.02. The van der Waals surface area contributed by atoms with Gasteiger partial charge < -0.3 is 24.8 Å². The number of carbonyl (C=O) groups excluding carboxylic acids is 1. The van der Waals surface area contributed by atoms with Gasteiger partial charge in [0.2, 0.25) is 0 Å². The van der Waals surface area contributed by atoms with Gasteiger partial charge >= 0.3 is 0 Å². The summed E-state index contributed by atoms with van der Waals surface area (Å²) in [4.78, 5) is 14.7. The fraction of sp³-hybridized carbons (Fsp3) is 0.457. The highest BCUT2D eigenvalue weighted by Gasteiger charge is 2.39. The van der Waals surface area contributed by atoms with Crippen molar-refractivity contribution in [3.05, 3.63) is 95.1 Å². The summed E-state index contributed by atoms with van der Waals surface area (Å²) in [6.07, 6.45) is 5.68. The monoisotopic (exact) mass is 658 g/mol. The van der Waals surface area contributed by atoms with Crippen molar-refractivity contribution in [3.63, 3.8) is 0 Å². The normalized spacial score (nSPS) is 23.5. The third-order valence-corrected chi connectivity index (χ3v) is 9.23. The predicted octanol–water partition coefficient (Wildman–Crippen LogP) is 7.89. The maximum absolute atomic E-state index is 12.1. The first-order valence-electron chi connectivity index (χ1n) is 15.5. The van der Waals surface area contributed by atoms with E-state index in [1.165, 1.54) is 32.1 Å². The van der Waals surface area contributed by atoms with Crippen LogP contribution < -0.4 is 5.32 Å². The summed E-state index contributed by atoms with van der Waals surface area (Å²) in [6.45, 7) is 5.54. The van der Waals surface area contributed by atoms with Gasteiger partial charge in [-0.3, -0.25) is 4.79 Å².